The van der Waals surface area contributed by atoms with Crippen molar-refractivity contribution in [2.24, 2.45) is 0 Å². The Morgan fingerprint density at radius 3 is 2.29 bits per heavy atom. The molecule has 0 aliphatic carbocycles. The first-order valence-electron chi connectivity index (χ1n) is 4.42. The molecule has 0 fully saturated rings. The molecule has 17 heavy (non-hydrogen) atoms. The monoisotopic (exact) mass is 277 g/mol. The van der Waals surface area contributed by atoms with Crippen molar-refractivity contribution in [3.63, 3.8) is 0 Å². The highest BCUT2D eigenvalue weighted by Crippen LogP contribution is 2.23. The summed E-state index contributed by atoms with van der Waals surface area (Å²) in [6.45, 7) is 0. The Kier molecular flexibility index (Phi) is 6.29. The summed E-state index contributed by atoms with van der Waals surface area (Å²) in [6, 6.07) is -1.60. The van der Waals surface area contributed by atoms with E-state index in [1.807, 2.05) is 0 Å². The Hall–Kier alpha value is -0.990. The van der Waals surface area contributed by atoms with Gasteiger partial charge in [-0.1, -0.05) is 0 Å². The highest BCUT2D eigenvalue weighted by Gasteiger charge is 2.49. The number of aliphatic carboxylic acids is 1. The van der Waals surface area contributed by atoms with Crippen LogP contribution >= 0.6 is 11.8 Å². The normalized spacial score (nSPS) is 13.5. The summed E-state index contributed by atoms with van der Waals surface area (Å²) in [7, 11) is 0. The minimum absolute atomic E-state index is 0.123. The molecule has 0 rings (SSSR count). The molecular weight excluding hydrogens is 266 g/mol. The third-order valence-electron chi connectivity index (χ3n) is 1.79. The van der Waals surface area contributed by atoms with Crippen LogP contribution in [0.4, 0.5) is 17.6 Å². The Labute approximate surface area is 98.7 Å². The van der Waals surface area contributed by atoms with Gasteiger partial charge < -0.3 is 10.4 Å². The summed E-state index contributed by atoms with van der Waals surface area (Å²) in [4.78, 5) is 21.4. The van der Waals surface area contributed by atoms with Gasteiger partial charge in [0, 0.05) is 0 Å². The molecule has 0 saturated heterocycles. The van der Waals surface area contributed by atoms with Gasteiger partial charge >= 0.3 is 18.3 Å². The van der Waals surface area contributed by atoms with Crippen LogP contribution in [0.1, 0.15) is 6.42 Å². The topological polar surface area (TPSA) is 66.4 Å². The van der Waals surface area contributed by atoms with E-state index in [1.54, 1.807) is 6.26 Å². The number of hydrogen-bond donors (Lipinski definition) is 2. The maximum atomic E-state index is 12.5. The molecular formula is C8H11F4NO3S. The van der Waals surface area contributed by atoms with E-state index in [9.17, 15) is 27.2 Å². The largest absolute Gasteiger partial charge is 0.480 e. The van der Waals surface area contributed by atoms with E-state index >= 15 is 0 Å². The molecule has 9 heteroatoms. The maximum Gasteiger partial charge on any atom is 0.383 e. The van der Waals surface area contributed by atoms with Crippen LogP contribution in [-0.4, -0.2) is 47.4 Å². The molecule has 100 valence electrons. The van der Waals surface area contributed by atoms with Crippen LogP contribution in [0.25, 0.3) is 0 Å². The van der Waals surface area contributed by atoms with Gasteiger partial charge in [-0.05, 0) is 18.4 Å². The highest BCUT2D eigenvalue weighted by molar-refractivity contribution is 7.98. The molecule has 0 radical (unpaired) electrons. The number of thioether (sulfide) groups is 1. The number of alkyl halides is 4. The fourth-order valence-electron chi connectivity index (χ4n) is 0.847. The first kappa shape index (κ1) is 16.0. The first-order chi connectivity index (χ1) is 7.73. The van der Waals surface area contributed by atoms with Crippen LogP contribution in [0.3, 0.4) is 0 Å². The van der Waals surface area contributed by atoms with Gasteiger partial charge in [0.15, 0.2) is 0 Å². The molecule has 0 saturated carbocycles. The summed E-state index contributed by atoms with van der Waals surface area (Å²) in [6.07, 6.45) is -2.65. The fourth-order valence-corrected chi connectivity index (χ4v) is 1.32. The summed E-state index contributed by atoms with van der Waals surface area (Å²) in [5.41, 5.74) is 0. The van der Waals surface area contributed by atoms with Gasteiger partial charge in [0.2, 0.25) is 0 Å². The maximum absolute atomic E-state index is 12.5. The third kappa shape index (κ3) is 4.80. The zero-order valence-corrected chi connectivity index (χ0v) is 9.57. The number of amides is 1. The number of halogens is 4. The standard InChI is InChI=1S/C8H11F4NO3S/c1-17-3-2-4(5(14)15)13-7(16)8(11,12)6(9)10/h4,6H,2-3H2,1H3,(H,13,16)(H,14,15)/t4-/m0/s1. The van der Waals surface area contributed by atoms with Crippen molar-refractivity contribution < 1.29 is 32.3 Å². The molecule has 0 spiro atoms. The van der Waals surface area contributed by atoms with E-state index in [4.69, 9.17) is 5.11 Å². The summed E-state index contributed by atoms with van der Waals surface area (Å²) in [5.74, 6) is -8.41. The second-order valence-electron chi connectivity index (χ2n) is 3.07. The summed E-state index contributed by atoms with van der Waals surface area (Å²) >= 11 is 1.24. The second kappa shape index (κ2) is 6.67. The number of carbonyl (C=O) groups is 2. The number of carboxylic acids is 1. The van der Waals surface area contributed by atoms with Gasteiger partial charge in [-0.15, -0.1) is 0 Å². The molecule has 0 aromatic carbocycles. The average Bonchev–Trinajstić information content (AvgIpc) is 2.22. The number of carboxylic acid groups (broad SMARTS) is 1. The molecule has 0 aromatic rings. The van der Waals surface area contributed by atoms with Crippen LogP contribution in [0.5, 0.6) is 0 Å². The quantitative estimate of drug-likeness (QED) is 0.686. The predicted molar refractivity (Wildman–Crippen MR) is 53.5 cm³/mol. The Balaban J connectivity index is 4.55. The van der Waals surface area contributed by atoms with Gasteiger partial charge in [-0.25, -0.2) is 13.6 Å². The Morgan fingerprint density at radius 2 is 1.94 bits per heavy atom. The van der Waals surface area contributed by atoms with Crippen LogP contribution in [-0.2, 0) is 9.59 Å². The molecule has 4 nitrogen and oxygen atoms in total. The minimum atomic E-state index is -4.88. The van der Waals surface area contributed by atoms with Crippen LogP contribution < -0.4 is 5.32 Å². The lowest BCUT2D eigenvalue weighted by atomic mass is 10.2. The van der Waals surface area contributed by atoms with Crippen molar-refractivity contribution in [3.05, 3.63) is 0 Å². The van der Waals surface area contributed by atoms with Crippen molar-refractivity contribution in [1.29, 1.82) is 0 Å². The zero-order valence-electron chi connectivity index (χ0n) is 8.75. The summed E-state index contributed by atoms with van der Waals surface area (Å²) in [5, 5.41) is 9.99. The van der Waals surface area contributed by atoms with Crippen molar-refractivity contribution in [2.45, 2.75) is 24.8 Å². The van der Waals surface area contributed by atoms with Gasteiger partial charge in [-0.2, -0.15) is 20.5 Å². The Bertz CT molecular complexity index is 288. The van der Waals surface area contributed by atoms with E-state index in [1.165, 1.54) is 17.1 Å². The van der Waals surface area contributed by atoms with E-state index in [2.05, 4.69) is 0 Å². The molecule has 0 aromatic heterocycles. The van der Waals surface area contributed by atoms with Gasteiger partial charge in [-0.3, -0.25) is 4.79 Å². The number of hydrogen-bond acceptors (Lipinski definition) is 3. The second-order valence-corrected chi connectivity index (χ2v) is 4.06. The molecule has 0 unspecified atom stereocenters. The van der Waals surface area contributed by atoms with Gasteiger partial charge in [0.1, 0.15) is 6.04 Å². The smallest absolute Gasteiger partial charge is 0.383 e. The van der Waals surface area contributed by atoms with Crippen molar-refractivity contribution >= 4 is 23.6 Å². The SMILES string of the molecule is CSCC[C@H](NC(=O)C(F)(F)C(F)F)C(=O)O. The minimum Gasteiger partial charge on any atom is -0.480 e. The zero-order chi connectivity index (χ0) is 13.6. The van der Waals surface area contributed by atoms with E-state index < -0.39 is 30.3 Å². The molecule has 2 N–H and O–H groups in total. The lowest BCUT2D eigenvalue weighted by Gasteiger charge is -2.18. The van der Waals surface area contributed by atoms with E-state index in [0.29, 0.717) is 0 Å². The fraction of sp³-hybridized carbons (Fsp3) is 0.750. The van der Waals surface area contributed by atoms with Crippen LogP contribution in [0.15, 0.2) is 0 Å². The van der Waals surface area contributed by atoms with Gasteiger partial charge in [0.05, 0.1) is 0 Å². The molecule has 1 atom stereocenters. The lowest BCUT2D eigenvalue weighted by molar-refractivity contribution is -0.171. The van der Waals surface area contributed by atoms with Gasteiger partial charge in [0.25, 0.3) is 5.91 Å². The highest BCUT2D eigenvalue weighted by atomic mass is 32.2. The number of nitrogens with one attached hydrogen (secondary N) is 1. The average molecular weight is 277 g/mol. The number of carbonyl (C=O) groups excluding carboxylic acids is 1. The van der Waals surface area contributed by atoms with E-state index in [0.717, 1.165) is 0 Å². The number of rotatable bonds is 7. The molecule has 0 heterocycles. The van der Waals surface area contributed by atoms with Crippen LogP contribution in [0, 0.1) is 0 Å². The van der Waals surface area contributed by atoms with Crippen LogP contribution in [0.2, 0.25) is 0 Å². The van der Waals surface area contributed by atoms with Crippen molar-refractivity contribution in [1.82, 2.24) is 5.32 Å². The third-order valence-corrected chi connectivity index (χ3v) is 2.43. The van der Waals surface area contributed by atoms with Crippen molar-refractivity contribution in [2.75, 3.05) is 12.0 Å². The first-order valence-corrected chi connectivity index (χ1v) is 5.81. The van der Waals surface area contributed by atoms with Crippen molar-refractivity contribution in [3.8, 4) is 0 Å². The molecule has 0 aliphatic rings. The predicted octanol–water partition coefficient (Wildman–Crippen LogP) is 1.21. The Morgan fingerprint density at radius 1 is 1.41 bits per heavy atom. The van der Waals surface area contributed by atoms with E-state index in [-0.39, 0.29) is 12.2 Å². The molecule has 1 amide bonds. The summed E-state index contributed by atoms with van der Waals surface area (Å²) < 4.78 is 48.7. The molecule has 0 aliphatic heterocycles. The lowest BCUT2D eigenvalue weighted by Crippen LogP contribution is -2.51. The molecule has 0 bridgehead atoms.